The average Bonchev–Trinajstić information content (AvgIpc) is 2.61. The first-order valence-electron chi connectivity index (χ1n) is 8.56. The van der Waals surface area contributed by atoms with E-state index in [0.717, 1.165) is 11.4 Å². The van der Waals surface area contributed by atoms with Gasteiger partial charge in [0, 0.05) is 25.3 Å². The number of para-hydroxylation sites is 2. The third-order valence-corrected chi connectivity index (χ3v) is 5.29. The van der Waals surface area contributed by atoms with Crippen molar-refractivity contribution in [1.82, 2.24) is 9.62 Å². The highest BCUT2D eigenvalue weighted by Gasteiger charge is 2.14. The van der Waals surface area contributed by atoms with Crippen molar-refractivity contribution in [2.75, 3.05) is 31.2 Å². The van der Waals surface area contributed by atoms with Gasteiger partial charge in [-0.1, -0.05) is 37.3 Å². The van der Waals surface area contributed by atoms with Crippen LogP contribution in [-0.4, -0.2) is 44.5 Å². The quantitative estimate of drug-likeness (QED) is 0.661. The third kappa shape index (κ3) is 5.86. The summed E-state index contributed by atoms with van der Waals surface area (Å²) in [6, 6.07) is 16.9. The van der Waals surface area contributed by atoms with Gasteiger partial charge in [-0.25, -0.2) is 12.7 Å². The first-order chi connectivity index (χ1) is 12.4. The van der Waals surface area contributed by atoms with E-state index in [-0.39, 0.29) is 5.91 Å². The molecule has 0 saturated carbocycles. The van der Waals surface area contributed by atoms with E-state index in [1.807, 2.05) is 48.5 Å². The number of amides is 1. The summed E-state index contributed by atoms with van der Waals surface area (Å²) in [6.07, 6.45) is 1.75. The second-order valence-electron chi connectivity index (χ2n) is 5.90. The summed E-state index contributed by atoms with van der Waals surface area (Å²) in [6.45, 7) is 3.02. The van der Waals surface area contributed by atoms with Crippen LogP contribution in [0.1, 0.15) is 23.7 Å². The SMILES string of the molecule is CCN(CCCNC(=O)c1ccccc1Nc1ccccc1)S(C)(=O)=O. The summed E-state index contributed by atoms with van der Waals surface area (Å²) >= 11 is 0. The number of carbonyl (C=O) groups is 1. The zero-order valence-electron chi connectivity index (χ0n) is 15.1. The van der Waals surface area contributed by atoms with E-state index in [1.54, 1.807) is 13.0 Å². The molecule has 0 radical (unpaired) electrons. The fourth-order valence-corrected chi connectivity index (χ4v) is 3.51. The van der Waals surface area contributed by atoms with Gasteiger partial charge < -0.3 is 10.6 Å². The Bertz CT molecular complexity index is 823. The molecule has 0 unspecified atom stereocenters. The number of sulfonamides is 1. The lowest BCUT2D eigenvalue weighted by atomic mass is 10.1. The number of hydrogen-bond acceptors (Lipinski definition) is 4. The zero-order valence-corrected chi connectivity index (χ0v) is 15.9. The molecule has 0 aromatic heterocycles. The van der Waals surface area contributed by atoms with E-state index < -0.39 is 10.0 Å². The van der Waals surface area contributed by atoms with Crippen LogP contribution in [0.2, 0.25) is 0 Å². The van der Waals surface area contributed by atoms with Crippen LogP contribution >= 0.6 is 0 Å². The van der Waals surface area contributed by atoms with Crippen molar-refractivity contribution in [3.63, 3.8) is 0 Å². The van der Waals surface area contributed by atoms with Gasteiger partial charge in [-0.2, -0.15) is 0 Å². The summed E-state index contributed by atoms with van der Waals surface area (Å²) in [5.41, 5.74) is 2.17. The Hall–Kier alpha value is -2.38. The lowest BCUT2D eigenvalue weighted by Crippen LogP contribution is -2.33. The van der Waals surface area contributed by atoms with Gasteiger partial charge in [0.25, 0.3) is 5.91 Å². The topological polar surface area (TPSA) is 78.5 Å². The molecule has 1 amide bonds. The molecule has 0 spiro atoms. The van der Waals surface area contributed by atoms with E-state index in [9.17, 15) is 13.2 Å². The molecular weight excluding hydrogens is 350 g/mol. The molecule has 140 valence electrons. The molecule has 0 bridgehead atoms. The largest absolute Gasteiger partial charge is 0.355 e. The maximum Gasteiger partial charge on any atom is 0.253 e. The maximum absolute atomic E-state index is 12.5. The Morgan fingerprint density at radius 1 is 1.04 bits per heavy atom. The molecule has 26 heavy (non-hydrogen) atoms. The monoisotopic (exact) mass is 375 g/mol. The molecular formula is C19H25N3O3S. The van der Waals surface area contributed by atoms with Crippen LogP contribution in [0.25, 0.3) is 0 Å². The highest BCUT2D eigenvalue weighted by molar-refractivity contribution is 7.88. The standard InChI is InChI=1S/C19H25N3O3S/c1-3-22(26(2,24)25)15-9-14-20-19(23)17-12-7-8-13-18(17)21-16-10-5-4-6-11-16/h4-8,10-13,21H,3,9,14-15H2,1-2H3,(H,20,23). The lowest BCUT2D eigenvalue weighted by molar-refractivity contribution is 0.0953. The van der Waals surface area contributed by atoms with Crippen molar-refractivity contribution in [2.45, 2.75) is 13.3 Å². The molecule has 2 rings (SSSR count). The smallest absolute Gasteiger partial charge is 0.253 e. The summed E-state index contributed by atoms with van der Waals surface area (Å²) in [7, 11) is -3.20. The Morgan fingerprint density at radius 2 is 1.69 bits per heavy atom. The van der Waals surface area contributed by atoms with E-state index in [1.165, 1.54) is 10.6 Å². The Kier molecular flexibility index (Phi) is 7.17. The minimum atomic E-state index is -3.20. The molecule has 2 aromatic rings. The van der Waals surface area contributed by atoms with Crippen LogP contribution in [0, 0.1) is 0 Å². The highest BCUT2D eigenvalue weighted by Crippen LogP contribution is 2.20. The predicted octanol–water partition coefficient (Wildman–Crippen LogP) is 2.83. The van der Waals surface area contributed by atoms with Crippen LogP contribution in [-0.2, 0) is 10.0 Å². The second-order valence-corrected chi connectivity index (χ2v) is 7.88. The highest BCUT2D eigenvalue weighted by atomic mass is 32.2. The van der Waals surface area contributed by atoms with Gasteiger partial charge in [0.05, 0.1) is 17.5 Å². The third-order valence-electron chi connectivity index (χ3n) is 3.92. The molecule has 0 saturated heterocycles. The van der Waals surface area contributed by atoms with Crippen LogP contribution in [0.5, 0.6) is 0 Å². The van der Waals surface area contributed by atoms with Crippen LogP contribution in [0.15, 0.2) is 54.6 Å². The van der Waals surface area contributed by atoms with Gasteiger partial charge >= 0.3 is 0 Å². The lowest BCUT2D eigenvalue weighted by Gasteiger charge is -2.18. The molecule has 0 aliphatic heterocycles. The van der Waals surface area contributed by atoms with Gasteiger partial charge in [-0.05, 0) is 30.7 Å². The molecule has 0 aliphatic carbocycles. The number of anilines is 2. The molecule has 0 aliphatic rings. The van der Waals surface area contributed by atoms with Crippen molar-refractivity contribution in [2.24, 2.45) is 0 Å². The number of benzene rings is 2. The molecule has 0 atom stereocenters. The molecule has 7 heteroatoms. The number of hydrogen-bond donors (Lipinski definition) is 2. The zero-order chi connectivity index (χ0) is 19.0. The molecule has 0 fully saturated rings. The molecule has 2 aromatic carbocycles. The van der Waals surface area contributed by atoms with Gasteiger partial charge in [-0.3, -0.25) is 4.79 Å². The summed E-state index contributed by atoms with van der Waals surface area (Å²) in [5, 5.41) is 6.10. The van der Waals surface area contributed by atoms with Gasteiger partial charge in [-0.15, -0.1) is 0 Å². The fourth-order valence-electron chi connectivity index (χ4n) is 2.58. The Balaban J connectivity index is 1.94. The van der Waals surface area contributed by atoms with Gasteiger partial charge in [0.1, 0.15) is 0 Å². The van der Waals surface area contributed by atoms with Gasteiger partial charge in [0.2, 0.25) is 10.0 Å². The van der Waals surface area contributed by atoms with Crippen molar-refractivity contribution in [3.05, 3.63) is 60.2 Å². The Morgan fingerprint density at radius 3 is 2.35 bits per heavy atom. The Labute approximate surface area is 155 Å². The summed E-state index contributed by atoms with van der Waals surface area (Å²) < 4.78 is 24.5. The second kappa shape index (κ2) is 9.35. The first-order valence-corrected chi connectivity index (χ1v) is 10.4. The van der Waals surface area contributed by atoms with Crippen molar-refractivity contribution < 1.29 is 13.2 Å². The maximum atomic E-state index is 12.5. The number of nitrogens with one attached hydrogen (secondary N) is 2. The van der Waals surface area contributed by atoms with E-state index >= 15 is 0 Å². The number of nitrogens with zero attached hydrogens (tertiary/aromatic N) is 1. The fraction of sp³-hybridized carbons (Fsp3) is 0.316. The molecule has 0 heterocycles. The summed E-state index contributed by atoms with van der Waals surface area (Å²) in [4.78, 5) is 12.5. The molecule has 2 N–H and O–H groups in total. The van der Waals surface area contributed by atoms with Gasteiger partial charge in [0.15, 0.2) is 0 Å². The van der Waals surface area contributed by atoms with E-state index in [4.69, 9.17) is 0 Å². The first kappa shape index (κ1) is 19.9. The average molecular weight is 375 g/mol. The normalized spacial score (nSPS) is 11.3. The van der Waals surface area contributed by atoms with E-state index in [0.29, 0.717) is 31.6 Å². The summed E-state index contributed by atoms with van der Waals surface area (Å²) in [5.74, 6) is -0.188. The number of rotatable bonds is 9. The van der Waals surface area contributed by atoms with Crippen molar-refractivity contribution in [1.29, 1.82) is 0 Å². The van der Waals surface area contributed by atoms with Crippen molar-refractivity contribution in [3.8, 4) is 0 Å². The van der Waals surface area contributed by atoms with Crippen LogP contribution in [0.3, 0.4) is 0 Å². The van der Waals surface area contributed by atoms with Crippen LogP contribution < -0.4 is 10.6 Å². The predicted molar refractivity (Wildman–Crippen MR) is 105 cm³/mol. The minimum Gasteiger partial charge on any atom is -0.355 e. The number of carbonyl (C=O) groups excluding carboxylic acids is 1. The van der Waals surface area contributed by atoms with E-state index in [2.05, 4.69) is 10.6 Å². The minimum absolute atomic E-state index is 0.188. The van der Waals surface area contributed by atoms with Crippen molar-refractivity contribution >= 4 is 27.3 Å². The molecule has 6 nitrogen and oxygen atoms in total. The van der Waals surface area contributed by atoms with Crippen LogP contribution in [0.4, 0.5) is 11.4 Å².